The lowest BCUT2D eigenvalue weighted by molar-refractivity contribution is -0.137. The summed E-state index contributed by atoms with van der Waals surface area (Å²) in [5, 5.41) is 8.78. The van der Waals surface area contributed by atoms with Crippen molar-refractivity contribution in [3.05, 3.63) is 54.2 Å². The second kappa shape index (κ2) is 6.56. The first-order chi connectivity index (χ1) is 13.3. The molecular formula is C19H14ClF3N4O. The predicted octanol–water partition coefficient (Wildman–Crippen LogP) is 4.71. The number of aryl methyl sites for hydroxylation is 1. The van der Waals surface area contributed by atoms with Crippen molar-refractivity contribution >= 4 is 45.1 Å². The molecule has 0 bridgehead atoms. The monoisotopic (exact) mass is 406 g/mol. The van der Waals surface area contributed by atoms with Crippen molar-refractivity contribution in [2.45, 2.75) is 6.18 Å². The average molecular weight is 407 g/mol. The second-order valence-electron chi connectivity index (χ2n) is 6.33. The minimum Gasteiger partial charge on any atom is -0.325 e. The summed E-state index contributed by atoms with van der Waals surface area (Å²) in [6.07, 6.45) is -2.57. The van der Waals surface area contributed by atoms with E-state index in [1.165, 1.54) is 12.1 Å². The fraction of sp³-hybridized carbons (Fsp3) is 0.158. The van der Waals surface area contributed by atoms with Crippen LogP contribution in [0.3, 0.4) is 0 Å². The van der Waals surface area contributed by atoms with Gasteiger partial charge in [0.25, 0.3) is 0 Å². The lowest BCUT2D eigenvalue weighted by Gasteiger charge is -2.10. The number of nitrogens with zero attached hydrogens (tertiary/aromatic N) is 3. The first kappa shape index (κ1) is 18.4. The van der Waals surface area contributed by atoms with Gasteiger partial charge in [-0.05, 0) is 42.5 Å². The Morgan fingerprint density at radius 2 is 1.86 bits per heavy atom. The molecule has 1 N–H and O–H groups in total. The second-order valence-corrected chi connectivity index (χ2v) is 6.60. The fourth-order valence-electron chi connectivity index (χ4n) is 3.23. The molecular weight excluding hydrogens is 393 g/mol. The number of rotatable bonds is 3. The summed E-state index contributed by atoms with van der Waals surface area (Å²) in [4.78, 5) is 11.6. The van der Waals surface area contributed by atoms with Crippen molar-refractivity contribution in [3.63, 3.8) is 0 Å². The molecule has 9 heteroatoms. The normalized spacial score (nSPS) is 12.0. The first-order valence-electron chi connectivity index (χ1n) is 8.29. The number of fused-ring (bicyclic) bond motifs is 3. The van der Waals surface area contributed by atoms with Crippen molar-refractivity contribution in [1.29, 1.82) is 0 Å². The van der Waals surface area contributed by atoms with E-state index < -0.39 is 11.7 Å². The van der Waals surface area contributed by atoms with E-state index in [4.69, 9.17) is 11.6 Å². The van der Waals surface area contributed by atoms with Crippen molar-refractivity contribution < 1.29 is 18.0 Å². The van der Waals surface area contributed by atoms with Gasteiger partial charge in [0, 0.05) is 35.4 Å². The number of aromatic nitrogens is 3. The molecule has 0 saturated carbocycles. The molecule has 1 amide bonds. The van der Waals surface area contributed by atoms with Crippen molar-refractivity contribution in [1.82, 2.24) is 14.3 Å². The van der Waals surface area contributed by atoms with Gasteiger partial charge in [-0.2, -0.15) is 18.3 Å². The molecule has 0 fully saturated rings. The minimum absolute atomic E-state index is 0.160. The van der Waals surface area contributed by atoms with Gasteiger partial charge in [0.2, 0.25) is 5.91 Å². The summed E-state index contributed by atoms with van der Waals surface area (Å²) in [6.45, 7) is 0. The van der Waals surface area contributed by atoms with E-state index in [1.807, 2.05) is 6.20 Å². The summed E-state index contributed by atoms with van der Waals surface area (Å²) in [5.41, 5.74) is 1.80. The zero-order valence-corrected chi connectivity index (χ0v) is 15.3. The van der Waals surface area contributed by atoms with E-state index in [0.29, 0.717) is 17.0 Å². The summed E-state index contributed by atoms with van der Waals surface area (Å²) in [7, 11) is 1.77. The molecule has 2 aromatic heterocycles. The van der Waals surface area contributed by atoms with Crippen LogP contribution < -0.4 is 5.32 Å². The molecule has 0 aliphatic heterocycles. The van der Waals surface area contributed by atoms with Crippen molar-refractivity contribution in [2.24, 2.45) is 7.05 Å². The Balaban J connectivity index is 1.90. The van der Waals surface area contributed by atoms with Gasteiger partial charge in [-0.25, -0.2) is 0 Å². The third kappa shape index (κ3) is 3.09. The lowest BCUT2D eigenvalue weighted by atomic mass is 10.2. The molecule has 0 atom stereocenters. The first-order valence-corrected chi connectivity index (χ1v) is 8.82. The summed E-state index contributed by atoms with van der Waals surface area (Å²) >= 11 is 5.54. The summed E-state index contributed by atoms with van der Waals surface area (Å²) < 4.78 is 42.1. The number of hydrogen-bond acceptors (Lipinski definition) is 2. The average Bonchev–Trinajstić information content (AvgIpc) is 3.16. The number of halogens is 4. The molecule has 4 rings (SSSR count). The van der Waals surface area contributed by atoms with Gasteiger partial charge in [0.15, 0.2) is 5.65 Å². The SMILES string of the molecule is Cn1cc2c3cc(NC(=O)CCl)ccc3n(-c3ccc(C(F)(F)F)cc3)c2n1. The fourth-order valence-corrected chi connectivity index (χ4v) is 3.29. The smallest absolute Gasteiger partial charge is 0.325 e. The molecule has 0 unspecified atom stereocenters. The Hall–Kier alpha value is -3.00. The summed E-state index contributed by atoms with van der Waals surface area (Å²) in [5.74, 6) is -0.488. The van der Waals surface area contributed by atoms with Gasteiger partial charge in [-0.3, -0.25) is 14.0 Å². The van der Waals surface area contributed by atoms with Crippen LogP contribution in [0.1, 0.15) is 5.56 Å². The van der Waals surface area contributed by atoms with Crippen LogP contribution in [0.15, 0.2) is 48.7 Å². The van der Waals surface area contributed by atoms with Crippen LogP contribution in [0, 0.1) is 0 Å². The quantitative estimate of drug-likeness (QED) is 0.501. The highest BCUT2D eigenvalue weighted by Crippen LogP contribution is 2.34. The number of alkyl halides is 4. The van der Waals surface area contributed by atoms with Crippen LogP contribution >= 0.6 is 11.6 Å². The third-order valence-corrected chi connectivity index (χ3v) is 4.65. The van der Waals surface area contributed by atoms with E-state index in [9.17, 15) is 18.0 Å². The molecule has 0 saturated heterocycles. The molecule has 5 nitrogen and oxygen atoms in total. The molecule has 2 aromatic carbocycles. The van der Waals surface area contributed by atoms with Crippen LogP contribution in [0.25, 0.3) is 27.6 Å². The molecule has 0 aliphatic carbocycles. The Morgan fingerprint density at radius 1 is 1.14 bits per heavy atom. The van der Waals surface area contributed by atoms with Crippen molar-refractivity contribution in [3.8, 4) is 5.69 Å². The largest absolute Gasteiger partial charge is 0.416 e. The van der Waals surface area contributed by atoms with Crippen molar-refractivity contribution in [2.75, 3.05) is 11.2 Å². The predicted molar refractivity (Wildman–Crippen MR) is 102 cm³/mol. The number of anilines is 1. The van der Waals surface area contributed by atoms with Gasteiger partial charge in [0.05, 0.1) is 11.1 Å². The molecule has 0 aliphatic rings. The molecule has 144 valence electrons. The highest BCUT2D eigenvalue weighted by molar-refractivity contribution is 6.29. The number of hydrogen-bond donors (Lipinski definition) is 1. The number of carbonyl (C=O) groups excluding carboxylic acids is 1. The Kier molecular flexibility index (Phi) is 4.30. The van der Waals surface area contributed by atoms with E-state index in [1.54, 1.807) is 34.5 Å². The highest BCUT2D eigenvalue weighted by Gasteiger charge is 2.30. The zero-order chi connectivity index (χ0) is 20.1. The number of benzene rings is 2. The molecule has 2 heterocycles. The number of nitrogens with one attached hydrogen (secondary N) is 1. The lowest BCUT2D eigenvalue weighted by Crippen LogP contribution is -2.12. The topological polar surface area (TPSA) is 51.9 Å². The van der Waals surface area contributed by atoms with E-state index >= 15 is 0 Å². The maximum Gasteiger partial charge on any atom is 0.416 e. The van der Waals surface area contributed by atoms with Gasteiger partial charge in [-0.1, -0.05) is 0 Å². The van der Waals surface area contributed by atoms with Crippen LogP contribution in [0.5, 0.6) is 0 Å². The standard InChI is InChI=1S/C19H14ClF3N4O/c1-26-10-15-14-8-12(24-17(28)9-20)4-7-16(14)27(18(15)25-26)13-5-2-11(3-6-13)19(21,22)23/h2-8,10H,9H2,1H3,(H,24,28). The minimum atomic E-state index is -4.40. The molecule has 28 heavy (non-hydrogen) atoms. The van der Waals surface area contributed by atoms with Crippen LogP contribution in [-0.2, 0) is 18.0 Å². The van der Waals surface area contributed by atoms with Gasteiger partial charge in [-0.15, -0.1) is 11.6 Å². The maximum absolute atomic E-state index is 12.9. The van der Waals surface area contributed by atoms with Gasteiger partial charge < -0.3 is 5.32 Å². The van der Waals surface area contributed by atoms with Gasteiger partial charge in [0.1, 0.15) is 5.88 Å². The van der Waals surface area contributed by atoms with E-state index in [0.717, 1.165) is 28.4 Å². The number of amides is 1. The molecule has 4 aromatic rings. The third-order valence-electron chi connectivity index (χ3n) is 4.41. The van der Waals surface area contributed by atoms with Crippen LogP contribution in [0.4, 0.5) is 18.9 Å². The van der Waals surface area contributed by atoms with Crippen LogP contribution in [-0.4, -0.2) is 26.1 Å². The Bertz CT molecular complexity index is 1190. The Labute approximate surface area is 162 Å². The summed E-state index contributed by atoms with van der Waals surface area (Å²) in [6, 6.07) is 10.2. The van der Waals surface area contributed by atoms with Crippen LogP contribution in [0.2, 0.25) is 0 Å². The number of carbonyl (C=O) groups is 1. The van der Waals surface area contributed by atoms with Gasteiger partial charge >= 0.3 is 6.18 Å². The molecule has 0 spiro atoms. The zero-order valence-electron chi connectivity index (χ0n) is 14.6. The van der Waals surface area contributed by atoms with E-state index in [-0.39, 0.29) is 11.8 Å². The Morgan fingerprint density at radius 3 is 2.50 bits per heavy atom. The molecule has 0 radical (unpaired) electrons. The maximum atomic E-state index is 12.9. The highest BCUT2D eigenvalue weighted by atomic mass is 35.5. The van der Waals surface area contributed by atoms with E-state index in [2.05, 4.69) is 10.4 Å².